The van der Waals surface area contributed by atoms with E-state index in [1.807, 2.05) is 0 Å². The molecule has 1 heterocycles. The zero-order valence-electron chi connectivity index (χ0n) is 8.34. The highest BCUT2D eigenvalue weighted by Crippen LogP contribution is 2.21. The molecular weight excluding hydrogens is 168 g/mol. The van der Waals surface area contributed by atoms with E-state index in [1.54, 1.807) is 4.90 Å². The highest BCUT2D eigenvalue weighted by atomic mass is 16.3. The molecule has 1 fully saturated rings. The Morgan fingerprint density at radius 3 is 2.77 bits per heavy atom. The summed E-state index contributed by atoms with van der Waals surface area (Å²) in [5.41, 5.74) is 0.0103. The standard InChI is InChI=1S/C9H18N2O2/c1-9(2,3-6-12)7-11-5-4-10-8(11)13/h12H,3-7H2,1-2H3,(H,10,13). The van der Waals surface area contributed by atoms with E-state index >= 15 is 0 Å². The van der Waals surface area contributed by atoms with Gasteiger partial charge in [-0.05, 0) is 11.8 Å². The number of aliphatic hydroxyl groups excluding tert-OH is 1. The van der Waals surface area contributed by atoms with Crippen LogP contribution in [0.15, 0.2) is 0 Å². The molecule has 1 aliphatic rings. The Kier molecular flexibility index (Phi) is 3.14. The normalized spacial score (nSPS) is 17.8. The number of urea groups is 1. The van der Waals surface area contributed by atoms with Crippen molar-refractivity contribution in [1.29, 1.82) is 0 Å². The maximum atomic E-state index is 11.2. The lowest BCUT2D eigenvalue weighted by Crippen LogP contribution is -2.37. The van der Waals surface area contributed by atoms with Crippen LogP contribution in [0.4, 0.5) is 4.79 Å². The summed E-state index contributed by atoms with van der Waals surface area (Å²) in [6.07, 6.45) is 0.733. The van der Waals surface area contributed by atoms with Crippen molar-refractivity contribution in [2.45, 2.75) is 20.3 Å². The smallest absolute Gasteiger partial charge is 0.317 e. The summed E-state index contributed by atoms with van der Waals surface area (Å²) in [6, 6.07) is 0.0195. The van der Waals surface area contributed by atoms with Crippen molar-refractivity contribution in [2.75, 3.05) is 26.2 Å². The molecule has 1 saturated heterocycles. The van der Waals surface area contributed by atoms with E-state index in [9.17, 15) is 4.79 Å². The van der Waals surface area contributed by atoms with Gasteiger partial charge in [0.15, 0.2) is 0 Å². The summed E-state index contributed by atoms with van der Waals surface area (Å²) >= 11 is 0. The highest BCUT2D eigenvalue weighted by molar-refractivity contribution is 5.76. The molecular formula is C9H18N2O2. The van der Waals surface area contributed by atoms with Crippen LogP contribution < -0.4 is 5.32 Å². The molecule has 2 N–H and O–H groups in total. The second-order valence-corrected chi connectivity index (χ2v) is 4.29. The third kappa shape index (κ3) is 2.88. The fourth-order valence-electron chi connectivity index (χ4n) is 1.56. The molecule has 0 bridgehead atoms. The zero-order chi connectivity index (χ0) is 9.90. The monoisotopic (exact) mass is 186 g/mol. The van der Waals surface area contributed by atoms with Gasteiger partial charge in [-0.2, -0.15) is 0 Å². The molecule has 0 spiro atoms. The Bertz CT molecular complexity index is 192. The number of nitrogens with one attached hydrogen (secondary N) is 1. The minimum atomic E-state index is 0.0103. The summed E-state index contributed by atoms with van der Waals surface area (Å²) in [5.74, 6) is 0. The van der Waals surface area contributed by atoms with Crippen LogP contribution in [-0.4, -0.2) is 42.3 Å². The van der Waals surface area contributed by atoms with Crippen LogP contribution in [0.25, 0.3) is 0 Å². The average Bonchev–Trinajstić information content (AvgIpc) is 2.35. The third-order valence-electron chi connectivity index (χ3n) is 2.35. The average molecular weight is 186 g/mol. The van der Waals surface area contributed by atoms with Gasteiger partial charge in [0, 0.05) is 26.2 Å². The first-order valence-electron chi connectivity index (χ1n) is 4.69. The van der Waals surface area contributed by atoms with Crippen molar-refractivity contribution in [1.82, 2.24) is 10.2 Å². The summed E-state index contributed by atoms with van der Waals surface area (Å²) in [6.45, 7) is 6.56. The summed E-state index contributed by atoms with van der Waals surface area (Å²) < 4.78 is 0. The minimum absolute atomic E-state index is 0.0103. The van der Waals surface area contributed by atoms with Gasteiger partial charge in [-0.15, -0.1) is 0 Å². The van der Waals surface area contributed by atoms with Gasteiger partial charge in [-0.25, -0.2) is 4.79 Å². The Morgan fingerprint density at radius 1 is 1.62 bits per heavy atom. The number of aliphatic hydroxyl groups is 1. The van der Waals surface area contributed by atoms with E-state index in [-0.39, 0.29) is 18.1 Å². The second-order valence-electron chi connectivity index (χ2n) is 4.29. The lowest BCUT2D eigenvalue weighted by atomic mass is 9.89. The molecule has 0 atom stereocenters. The van der Waals surface area contributed by atoms with Crippen molar-refractivity contribution < 1.29 is 9.90 Å². The number of hydrogen-bond donors (Lipinski definition) is 2. The van der Waals surface area contributed by atoms with Crippen molar-refractivity contribution in [3.8, 4) is 0 Å². The number of carbonyl (C=O) groups is 1. The molecule has 0 aromatic rings. The van der Waals surface area contributed by atoms with Crippen molar-refractivity contribution in [2.24, 2.45) is 5.41 Å². The number of amides is 2. The van der Waals surface area contributed by atoms with E-state index in [2.05, 4.69) is 19.2 Å². The minimum Gasteiger partial charge on any atom is -0.396 e. The second kappa shape index (κ2) is 3.96. The number of hydrogen-bond acceptors (Lipinski definition) is 2. The van der Waals surface area contributed by atoms with Crippen LogP contribution in [0, 0.1) is 5.41 Å². The molecule has 4 heteroatoms. The molecule has 0 saturated carbocycles. The molecule has 4 nitrogen and oxygen atoms in total. The fraction of sp³-hybridized carbons (Fsp3) is 0.889. The van der Waals surface area contributed by atoms with E-state index in [0.717, 1.165) is 26.1 Å². The Morgan fingerprint density at radius 2 is 2.31 bits per heavy atom. The number of carbonyl (C=O) groups excluding carboxylic acids is 1. The van der Waals surface area contributed by atoms with E-state index in [1.165, 1.54) is 0 Å². The summed E-state index contributed by atoms with van der Waals surface area (Å²) in [4.78, 5) is 13.0. The van der Waals surface area contributed by atoms with Gasteiger partial charge in [0.1, 0.15) is 0 Å². The maximum Gasteiger partial charge on any atom is 0.317 e. The Hall–Kier alpha value is -0.770. The predicted octanol–water partition coefficient (Wildman–Crippen LogP) is 0.420. The molecule has 1 rings (SSSR count). The first kappa shape index (κ1) is 10.3. The number of rotatable bonds is 4. The van der Waals surface area contributed by atoms with Crippen molar-refractivity contribution in [3.63, 3.8) is 0 Å². The molecule has 0 aromatic heterocycles. The van der Waals surface area contributed by atoms with Gasteiger partial charge in [0.2, 0.25) is 0 Å². The lowest BCUT2D eigenvalue weighted by Gasteiger charge is -2.28. The first-order chi connectivity index (χ1) is 6.05. The van der Waals surface area contributed by atoms with Gasteiger partial charge in [-0.3, -0.25) is 0 Å². The van der Waals surface area contributed by atoms with Crippen LogP contribution in [-0.2, 0) is 0 Å². The third-order valence-corrected chi connectivity index (χ3v) is 2.35. The van der Waals surface area contributed by atoms with Crippen molar-refractivity contribution in [3.05, 3.63) is 0 Å². The van der Waals surface area contributed by atoms with Gasteiger partial charge >= 0.3 is 6.03 Å². The fourth-order valence-corrected chi connectivity index (χ4v) is 1.56. The lowest BCUT2D eigenvalue weighted by molar-refractivity contribution is 0.158. The van der Waals surface area contributed by atoms with Gasteiger partial charge in [0.05, 0.1) is 0 Å². The maximum absolute atomic E-state index is 11.2. The van der Waals surface area contributed by atoms with Crippen LogP contribution in [0.1, 0.15) is 20.3 Å². The Balaban J connectivity index is 2.42. The van der Waals surface area contributed by atoms with Gasteiger partial charge < -0.3 is 15.3 Å². The van der Waals surface area contributed by atoms with Gasteiger partial charge in [-0.1, -0.05) is 13.8 Å². The molecule has 0 unspecified atom stereocenters. The molecule has 13 heavy (non-hydrogen) atoms. The zero-order valence-corrected chi connectivity index (χ0v) is 8.34. The highest BCUT2D eigenvalue weighted by Gasteiger charge is 2.27. The summed E-state index contributed by atoms with van der Waals surface area (Å²) in [7, 11) is 0. The van der Waals surface area contributed by atoms with E-state index < -0.39 is 0 Å². The molecule has 0 aliphatic carbocycles. The summed E-state index contributed by atoms with van der Waals surface area (Å²) in [5, 5.41) is 11.6. The van der Waals surface area contributed by atoms with E-state index in [4.69, 9.17) is 5.11 Å². The molecule has 2 amide bonds. The van der Waals surface area contributed by atoms with Gasteiger partial charge in [0.25, 0.3) is 0 Å². The molecule has 0 aromatic carbocycles. The quantitative estimate of drug-likeness (QED) is 0.668. The molecule has 0 radical (unpaired) electrons. The van der Waals surface area contributed by atoms with Crippen LogP contribution in [0.5, 0.6) is 0 Å². The topological polar surface area (TPSA) is 52.6 Å². The molecule has 76 valence electrons. The van der Waals surface area contributed by atoms with Crippen LogP contribution in [0.2, 0.25) is 0 Å². The van der Waals surface area contributed by atoms with Crippen molar-refractivity contribution >= 4 is 6.03 Å². The Labute approximate surface area is 78.9 Å². The largest absolute Gasteiger partial charge is 0.396 e. The SMILES string of the molecule is CC(C)(CCO)CN1CCNC1=O. The number of nitrogens with zero attached hydrogens (tertiary/aromatic N) is 1. The van der Waals surface area contributed by atoms with E-state index in [0.29, 0.717) is 0 Å². The van der Waals surface area contributed by atoms with Crippen LogP contribution >= 0.6 is 0 Å². The molecule has 1 aliphatic heterocycles. The predicted molar refractivity (Wildman–Crippen MR) is 50.5 cm³/mol. The van der Waals surface area contributed by atoms with Crippen LogP contribution in [0.3, 0.4) is 0 Å². The first-order valence-corrected chi connectivity index (χ1v) is 4.69.